The summed E-state index contributed by atoms with van der Waals surface area (Å²) in [5.41, 5.74) is -0.464. The molecule has 0 bridgehead atoms. The zero-order valence-electron chi connectivity index (χ0n) is 7.90. The zero-order valence-corrected chi connectivity index (χ0v) is 7.90. The van der Waals surface area contributed by atoms with Crippen molar-refractivity contribution in [2.45, 2.75) is 19.4 Å². The van der Waals surface area contributed by atoms with Crippen LogP contribution in [-0.2, 0) is 14.3 Å². The molecular formula is C8H12N2O3. The second-order valence-electron chi connectivity index (χ2n) is 3.11. The van der Waals surface area contributed by atoms with Crippen molar-refractivity contribution in [3.63, 3.8) is 0 Å². The lowest BCUT2D eigenvalue weighted by atomic mass is 10.1. The van der Waals surface area contributed by atoms with Gasteiger partial charge in [0.1, 0.15) is 12.1 Å². The number of nitrogens with zero attached hydrogens (tertiary/aromatic N) is 2. The standard InChI is InChI=1S/C8H12N2O3/c1-8(2)7(13-5-10-8)9-4-6(11)12-3/h5H,4H2,1-3H3. The molecule has 0 fully saturated rings. The first-order chi connectivity index (χ1) is 6.06. The topological polar surface area (TPSA) is 60.2 Å². The molecule has 0 atom stereocenters. The van der Waals surface area contributed by atoms with Gasteiger partial charge in [0, 0.05) is 0 Å². The predicted molar refractivity (Wildman–Crippen MR) is 48.0 cm³/mol. The number of rotatable bonds is 2. The van der Waals surface area contributed by atoms with Gasteiger partial charge >= 0.3 is 5.97 Å². The molecule has 72 valence electrons. The Bertz CT molecular complexity index is 269. The van der Waals surface area contributed by atoms with Crippen LogP contribution in [0.15, 0.2) is 9.98 Å². The van der Waals surface area contributed by atoms with E-state index in [2.05, 4.69) is 14.7 Å². The van der Waals surface area contributed by atoms with E-state index in [0.29, 0.717) is 5.90 Å². The third kappa shape index (κ3) is 2.27. The van der Waals surface area contributed by atoms with Crippen LogP contribution in [0.5, 0.6) is 0 Å². The summed E-state index contributed by atoms with van der Waals surface area (Å²) in [5, 5.41) is 0. The van der Waals surface area contributed by atoms with E-state index in [4.69, 9.17) is 4.74 Å². The molecule has 1 heterocycles. The molecule has 0 saturated carbocycles. The third-order valence-corrected chi connectivity index (χ3v) is 1.64. The van der Waals surface area contributed by atoms with Crippen molar-refractivity contribution >= 4 is 18.3 Å². The molecule has 0 aromatic carbocycles. The molecule has 0 saturated heterocycles. The highest BCUT2D eigenvalue weighted by molar-refractivity contribution is 5.96. The summed E-state index contributed by atoms with van der Waals surface area (Å²) < 4.78 is 9.45. The second-order valence-corrected chi connectivity index (χ2v) is 3.11. The van der Waals surface area contributed by atoms with Crippen molar-refractivity contribution in [1.29, 1.82) is 0 Å². The van der Waals surface area contributed by atoms with Gasteiger partial charge in [-0.2, -0.15) is 0 Å². The summed E-state index contributed by atoms with van der Waals surface area (Å²) in [6, 6.07) is 0. The summed E-state index contributed by atoms with van der Waals surface area (Å²) in [6.45, 7) is 3.68. The average Bonchev–Trinajstić information content (AvgIpc) is 2.41. The Hall–Kier alpha value is -1.39. The zero-order chi connectivity index (χ0) is 9.90. The molecule has 0 amide bonds. The van der Waals surface area contributed by atoms with E-state index in [9.17, 15) is 4.79 Å². The highest BCUT2D eigenvalue weighted by atomic mass is 16.5. The lowest BCUT2D eigenvalue weighted by Gasteiger charge is -2.11. The number of hydrogen-bond acceptors (Lipinski definition) is 5. The molecule has 1 aliphatic rings. The summed E-state index contributed by atoms with van der Waals surface area (Å²) >= 11 is 0. The number of ether oxygens (including phenoxy) is 2. The number of hydrogen-bond donors (Lipinski definition) is 0. The van der Waals surface area contributed by atoms with Gasteiger partial charge in [0.25, 0.3) is 0 Å². The molecule has 0 aromatic heterocycles. The fraction of sp³-hybridized carbons (Fsp3) is 0.625. The van der Waals surface area contributed by atoms with Crippen molar-refractivity contribution in [3.05, 3.63) is 0 Å². The minimum Gasteiger partial charge on any atom is -0.468 e. The average molecular weight is 184 g/mol. The van der Waals surface area contributed by atoms with Crippen LogP contribution in [0.25, 0.3) is 0 Å². The molecule has 0 unspecified atom stereocenters. The Kier molecular flexibility index (Phi) is 2.65. The Morgan fingerprint density at radius 1 is 1.77 bits per heavy atom. The molecule has 0 spiro atoms. The van der Waals surface area contributed by atoms with E-state index >= 15 is 0 Å². The SMILES string of the molecule is COC(=O)CN=C1OC=NC1(C)C. The minimum atomic E-state index is -0.464. The number of esters is 1. The smallest absolute Gasteiger partial charge is 0.327 e. The first-order valence-corrected chi connectivity index (χ1v) is 3.88. The quantitative estimate of drug-likeness (QED) is 0.583. The lowest BCUT2D eigenvalue weighted by Crippen LogP contribution is -2.26. The Morgan fingerprint density at radius 3 is 2.92 bits per heavy atom. The predicted octanol–water partition coefficient (Wildman–Crippen LogP) is 0.395. The monoisotopic (exact) mass is 184 g/mol. The van der Waals surface area contributed by atoms with Crippen LogP contribution < -0.4 is 0 Å². The fourth-order valence-corrected chi connectivity index (χ4v) is 0.839. The molecule has 5 nitrogen and oxygen atoms in total. The summed E-state index contributed by atoms with van der Waals surface area (Å²) in [7, 11) is 1.32. The third-order valence-electron chi connectivity index (χ3n) is 1.64. The van der Waals surface area contributed by atoms with E-state index in [-0.39, 0.29) is 12.5 Å². The van der Waals surface area contributed by atoms with Gasteiger partial charge in [-0.05, 0) is 13.8 Å². The molecule has 5 heteroatoms. The van der Waals surface area contributed by atoms with E-state index in [1.807, 2.05) is 13.8 Å². The molecule has 0 aliphatic carbocycles. The molecule has 1 aliphatic heterocycles. The van der Waals surface area contributed by atoms with Crippen LogP contribution in [0.2, 0.25) is 0 Å². The molecule has 0 radical (unpaired) electrons. The van der Waals surface area contributed by atoms with Crippen LogP contribution in [0.3, 0.4) is 0 Å². The number of carbonyl (C=O) groups is 1. The van der Waals surface area contributed by atoms with Gasteiger partial charge in [-0.1, -0.05) is 0 Å². The van der Waals surface area contributed by atoms with Crippen LogP contribution in [0.4, 0.5) is 0 Å². The molecule has 13 heavy (non-hydrogen) atoms. The maximum Gasteiger partial charge on any atom is 0.327 e. The summed E-state index contributed by atoms with van der Waals surface area (Å²) in [5.74, 6) is 0.0525. The van der Waals surface area contributed by atoms with E-state index in [1.165, 1.54) is 13.5 Å². The first kappa shape index (κ1) is 9.70. The summed E-state index contributed by atoms with van der Waals surface area (Å²) in [6.07, 6.45) is 1.33. The minimum absolute atomic E-state index is 0.0291. The van der Waals surface area contributed by atoms with Gasteiger partial charge in [-0.15, -0.1) is 0 Å². The Labute approximate surface area is 76.5 Å². The number of aliphatic imine (C=N–C) groups is 2. The molecular weight excluding hydrogens is 172 g/mol. The highest BCUT2D eigenvalue weighted by Gasteiger charge is 2.29. The number of methoxy groups -OCH3 is 1. The summed E-state index contributed by atoms with van der Waals surface area (Å²) in [4.78, 5) is 18.7. The largest absolute Gasteiger partial charge is 0.468 e. The van der Waals surface area contributed by atoms with Crippen molar-refractivity contribution in [2.75, 3.05) is 13.7 Å². The van der Waals surface area contributed by atoms with Gasteiger partial charge in [0.05, 0.1) is 7.11 Å². The second kappa shape index (κ2) is 3.55. The maximum absolute atomic E-state index is 10.8. The fourth-order valence-electron chi connectivity index (χ4n) is 0.839. The Balaban J connectivity index is 2.58. The maximum atomic E-state index is 10.8. The highest BCUT2D eigenvalue weighted by Crippen LogP contribution is 2.16. The van der Waals surface area contributed by atoms with Crippen molar-refractivity contribution < 1.29 is 14.3 Å². The molecule has 1 rings (SSSR count). The number of carbonyl (C=O) groups excluding carboxylic acids is 1. The van der Waals surface area contributed by atoms with Crippen LogP contribution in [0.1, 0.15) is 13.8 Å². The van der Waals surface area contributed by atoms with Crippen molar-refractivity contribution in [2.24, 2.45) is 9.98 Å². The normalized spacial score (nSPS) is 21.6. The Morgan fingerprint density at radius 2 is 2.46 bits per heavy atom. The molecule has 0 N–H and O–H groups in total. The van der Waals surface area contributed by atoms with Gasteiger partial charge in [-0.3, -0.25) is 4.79 Å². The van der Waals surface area contributed by atoms with Crippen LogP contribution >= 0.6 is 0 Å². The van der Waals surface area contributed by atoms with Gasteiger partial charge in [0.15, 0.2) is 6.40 Å². The van der Waals surface area contributed by atoms with Crippen LogP contribution in [-0.4, -0.2) is 37.5 Å². The van der Waals surface area contributed by atoms with Crippen molar-refractivity contribution in [1.82, 2.24) is 0 Å². The van der Waals surface area contributed by atoms with Crippen LogP contribution in [0, 0.1) is 0 Å². The first-order valence-electron chi connectivity index (χ1n) is 3.88. The van der Waals surface area contributed by atoms with E-state index in [1.54, 1.807) is 0 Å². The van der Waals surface area contributed by atoms with Gasteiger partial charge in [0.2, 0.25) is 5.90 Å². The van der Waals surface area contributed by atoms with E-state index < -0.39 is 5.54 Å². The lowest BCUT2D eigenvalue weighted by molar-refractivity contribution is -0.138. The molecule has 0 aromatic rings. The van der Waals surface area contributed by atoms with E-state index in [0.717, 1.165) is 0 Å². The van der Waals surface area contributed by atoms with Gasteiger partial charge < -0.3 is 9.47 Å². The van der Waals surface area contributed by atoms with Gasteiger partial charge in [-0.25, -0.2) is 9.98 Å². The van der Waals surface area contributed by atoms with Crippen molar-refractivity contribution in [3.8, 4) is 0 Å².